The molecule has 122 valence electrons. The van der Waals surface area contributed by atoms with Gasteiger partial charge in [0.05, 0.1) is 6.54 Å². The first-order valence-corrected chi connectivity index (χ1v) is 7.85. The van der Waals surface area contributed by atoms with Crippen LogP contribution in [0.2, 0.25) is 5.02 Å². The molecular weight excluding hydrogens is 421 g/mol. The molecule has 1 fully saturated rings. The van der Waals surface area contributed by atoms with Crippen molar-refractivity contribution in [3.8, 4) is 0 Å². The number of anilines is 1. The average molecular weight is 442 g/mol. The van der Waals surface area contributed by atoms with Gasteiger partial charge in [0, 0.05) is 16.1 Å². The van der Waals surface area contributed by atoms with Gasteiger partial charge < -0.3 is 11.1 Å². The molecule has 0 radical (unpaired) electrons. The highest BCUT2D eigenvalue weighted by atomic mass is 127. The van der Waals surface area contributed by atoms with Crippen molar-refractivity contribution in [2.75, 3.05) is 11.9 Å². The summed E-state index contributed by atoms with van der Waals surface area (Å²) in [7, 11) is 0. The number of nitrogens with zero attached hydrogens (tertiary/aromatic N) is 1. The summed E-state index contributed by atoms with van der Waals surface area (Å²) in [6.07, 6.45) is 2.27. The number of nitrogens with two attached hydrogens (primary N) is 1. The van der Waals surface area contributed by atoms with Crippen LogP contribution in [0.4, 0.5) is 5.69 Å². The van der Waals surface area contributed by atoms with Gasteiger partial charge in [-0.25, -0.2) is 0 Å². The SMILES string of the molecule is Cc1ccc(NC(N)=NCC2(c3cccc(Cl)c3)CC2)cc1.I. The van der Waals surface area contributed by atoms with E-state index in [0.29, 0.717) is 12.5 Å². The Morgan fingerprint density at radius 2 is 1.91 bits per heavy atom. The maximum Gasteiger partial charge on any atom is 0.193 e. The lowest BCUT2D eigenvalue weighted by Gasteiger charge is -2.14. The zero-order valence-corrected chi connectivity index (χ0v) is 16.1. The van der Waals surface area contributed by atoms with Crippen LogP contribution in [-0.4, -0.2) is 12.5 Å². The Balaban J connectivity index is 0.00000192. The van der Waals surface area contributed by atoms with Gasteiger partial charge in [-0.3, -0.25) is 4.99 Å². The number of nitrogens with one attached hydrogen (secondary N) is 1. The summed E-state index contributed by atoms with van der Waals surface area (Å²) in [6, 6.07) is 16.1. The molecule has 23 heavy (non-hydrogen) atoms. The van der Waals surface area contributed by atoms with Crippen molar-refractivity contribution in [2.45, 2.75) is 25.2 Å². The van der Waals surface area contributed by atoms with Crippen molar-refractivity contribution in [3.05, 3.63) is 64.7 Å². The molecule has 0 aliphatic heterocycles. The quantitative estimate of drug-likeness (QED) is 0.410. The van der Waals surface area contributed by atoms with E-state index in [9.17, 15) is 0 Å². The number of hydrogen-bond donors (Lipinski definition) is 2. The summed E-state index contributed by atoms with van der Waals surface area (Å²) >= 11 is 6.09. The zero-order chi connectivity index (χ0) is 15.6. The maximum atomic E-state index is 6.09. The normalized spacial score (nSPS) is 15.7. The van der Waals surface area contributed by atoms with Crippen LogP contribution in [0.5, 0.6) is 0 Å². The summed E-state index contributed by atoms with van der Waals surface area (Å²) in [5, 5.41) is 3.91. The first-order valence-electron chi connectivity index (χ1n) is 7.47. The topological polar surface area (TPSA) is 50.4 Å². The van der Waals surface area contributed by atoms with Crippen molar-refractivity contribution < 1.29 is 0 Å². The van der Waals surface area contributed by atoms with E-state index in [-0.39, 0.29) is 29.4 Å². The lowest BCUT2D eigenvalue weighted by Crippen LogP contribution is -2.24. The predicted octanol–water partition coefficient (Wildman–Crippen LogP) is 4.72. The van der Waals surface area contributed by atoms with Gasteiger partial charge in [0.1, 0.15) is 0 Å². The molecular formula is C18H21ClIN3. The molecule has 0 atom stereocenters. The Kier molecular flexibility index (Phi) is 5.92. The second kappa shape index (κ2) is 7.53. The molecule has 0 heterocycles. The van der Waals surface area contributed by atoms with E-state index in [0.717, 1.165) is 23.6 Å². The van der Waals surface area contributed by atoms with Gasteiger partial charge in [-0.1, -0.05) is 41.4 Å². The van der Waals surface area contributed by atoms with E-state index in [1.165, 1.54) is 11.1 Å². The monoisotopic (exact) mass is 441 g/mol. The molecule has 0 saturated heterocycles. The fraction of sp³-hybridized carbons (Fsp3) is 0.278. The Morgan fingerprint density at radius 3 is 2.52 bits per heavy atom. The first-order chi connectivity index (χ1) is 10.6. The molecule has 1 saturated carbocycles. The molecule has 0 amide bonds. The smallest absolute Gasteiger partial charge is 0.193 e. The van der Waals surface area contributed by atoms with E-state index >= 15 is 0 Å². The minimum absolute atomic E-state index is 0. The van der Waals surface area contributed by atoms with Crippen LogP contribution < -0.4 is 11.1 Å². The number of hydrogen-bond acceptors (Lipinski definition) is 1. The first kappa shape index (κ1) is 18.1. The van der Waals surface area contributed by atoms with Gasteiger partial charge in [0.25, 0.3) is 0 Å². The molecule has 0 aromatic heterocycles. The number of guanidine groups is 1. The molecule has 3 N–H and O–H groups in total. The van der Waals surface area contributed by atoms with Gasteiger partial charge in [0.2, 0.25) is 0 Å². The van der Waals surface area contributed by atoms with E-state index in [1.807, 2.05) is 42.5 Å². The number of rotatable bonds is 4. The summed E-state index contributed by atoms with van der Waals surface area (Å²) < 4.78 is 0. The van der Waals surface area contributed by atoms with Gasteiger partial charge in [0.15, 0.2) is 5.96 Å². The number of aliphatic imine (C=N–C) groups is 1. The van der Waals surface area contributed by atoms with Crippen molar-refractivity contribution in [1.82, 2.24) is 0 Å². The molecule has 0 spiro atoms. The van der Waals surface area contributed by atoms with Gasteiger partial charge in [-0.05, 0) is 49.6 Å². The van der Waals surface area contributed by atoms with Gasteiger partial charge >= 0.3 is 0 Å². The zero-order valence-electron chi connectivity index (χ0n) is 13.1. The number of aryl methyl sites for hydroxylation is 1. The Bertz CT molecular complexity index is 694. The second-order valence-corrected chi connectivity index (χ2v) is 6.42. The standard InChI is InChI=1S/C18H20ClN3.HI/c1-13-5-7-16(8-6-13)22-17(20)21-12-18(9-10-18)14-3-2-4-15(19)11-14;/h2-8,11H,9-10,12H2,1H3,(H3,20,21,22);1H. The molecule has 1 aliphatic rings. The largest absolute Gasteiger partial charge is 0.370 e. The van der Waals surface area contributed by atoms with Crippen LogP contribution >= 0.6 is 35.6 Å². The van der Waals surface area contributed by atoms with Crippen LogP contribution in [0.1, 0.15) is 24.0 Å². The molecule has 3 rings (SSSR count). The highest BCUT2D eigenvalue weighted by molar-refractivity contribution is 14.0. The van der Waals surface area contributed by atoms with Crippen LogP contribution in [0.15, 0.2) is 53.5 Å². The minimum Gasteiger partial charge on any atom is -0.370 e. The average Bonchev–Trinajstić information content (AvgIpc) is 3.29. The molecule has 2 aromatic carbocycles. The predicted molar refractivity (Wildman–Crippen MR) is 109 cm³/mol. The van der Waals surface area contributed by atoms with Crippen LogP contribution in [0.3, 0.4) is 0 Å². The van der Waals surface area contributed by atoms with Crippen LogP contribution in [-0.2, 0) is 5.41 Å². The minimum atomic E-state index is 0. The summed E-state index contributed by atoms with van der Waals surface area (Å²) in [6.45, 7) is 2.75. The molecule has 1 aliphatic carbocycles. The van der Waals surface area contributed by atoms with E-state index in [4.69, 9.17) is 17.3 Å². The lowest BCUT2D eigenvalue weighted by atomic mass is 9.96. The van der Waals surface area contributed by atoms with Gasteiger partial charge in [-0.2, -0.15) is 0 Å². The number of benzene rings is 2. The molecule has 5 heteroatoms. The van der Waals surface area contributed by atoms with Crippen molar-refractivity contribution in [3.63, 3.8) is 0 Å². The fourth-order valence-electron chi connectivity index (χ4n) is 2.57. The molecule has 2 aromatic rings. The highest BCUT2D eigenvalue weighted by Gasteiger charge is 2.44. The summed E-state index contributed by atoms with van der Waals surface area (Å²) in [5.74, 6) is 0.456. The van der Waals surface area contributed by atoms with E-state index in [1.54, 1.807) is 0 Å². The Hall–Kier alpha value is -1.27. The fourth-order valence-corrected chi connectivity index (χ4v) is 2.76. The van der Waals surface area contributed by atoms with Gasteiger partial charge in [-0.15, -0.1) is 24.0 Å². The third kappa shape index (κ3) is 4.61. The van der Waals surface area contributed by atoms with E-state index < -0.39 is 0 Å². The van der Waals surface area contributed by atoms with Crippen molar-refractivity contribution in [2.24, 2.45) is 10.7 Å². The Labute approximate surface area is 159 Å². The van der Waals surface area contributed by atoms with Crippen LogP contribution in [0, 0.1) is 6.92 Å². The maximum absolute atomic E-state index is 6.09. The molecule has 0 bridgehead atoms. The summed E-state index contributed by atoms with van der Waals surface area (Å²) in [5.41, 5.74) is 9.55. The third-order valence-corrected chi connectivity index (χ3v) is 4.40. The van der Waals surface area contributed by atoms with E-state index in [2.05, 4.69) is 23.3 Å². The number of halogens is 2. The lowest BCUT2D eigenvalue weighted by molar-refractivity contribution is 0.705. The van der Waals surface area contributed by atoms with Crippen molar-refractivity contribution in [1.29, 1.82) is 0 Å². The van der Waals surface area contributed by atoms with Crippen molar-refractivity contribution >= 4 is 47.2 Å². The van der Waals surface area contributed by atoms with Crippen LogP contribution in [0.25, 0.3) is 0 Å². The molecule has 3 nitrogen and oxygen atoms in total. The second-order valence-electron chi connectivity index (χ2n) is 5.98. The highest BCUT2D eigenvalue weighted by Crippen LogP contribution is 2.48. The summed E-state index contributed by atoms with van der Waals surface area (Å²) in [4.78, 5) is 4.52. The molecule has 0 unspecified atom stereocenters. The Morgan fingerprint density at radius 1 is 1.22 bits per heavy atom. The third-order valence-electron chi connectivity index (χ3n) is 4.17.